The maximum absolute atomic E-state index is 11.2. The predicted octanol–water partition coefficient (Wildman–Crippen LogP) is 4.43. The molecule has 21 heavy (non-hydrogen) atoms. The van der Waals surface area contributed by atoms with E-state index in [1.54, 1.807) is 6.07 Å². The number of aromatic nitrogens is 2. The molecule has 0 bridgehead atoms. The molecule has 1 aromatic carbocycles. The Balaban J connectivity index is 2.27. The molecule has 5 heteroatoms. The third-order valence-electron chi connectivity index (χ3n) is 3.65. The first kappa shape index (κ1) is 13.8. The van der Waals surface area contributed by atoms with Crippen LogP contribution < -0.4 is 0 Å². The van der Waals surface area contributed by atoms with Crippen LogP contribution in [0.3, 0.4) is 0 Å². The van der Waals surface area contributed by atoms with Gasteiger partial charge in [0.25, 0.3) is 0 Å². The summed E-state index contributed by atoms with van der Waals surface area (Å²) in [6, 6.07) is 11.9. The number of carboxylic acids is 1. The largest absolute Gasteiger partial charge is 0.477 e. The fourth-order valence-corrected chi connectivity index (χ4v) is 3.37. The molecule has 1 atom stereocenters. The number of nitrogens with zero attached hydrogens (tertiary/aromatic N) is 2. The summed E-state index contributed by atoms with van der Waals surface area (Å²) in [5.41, 5.74) is 1.87. The third-order valence-corrected chi connectivity index (χ3v) is 4.76. The number of hydrogen-bond donors (Lipinski definition) is 1. The van der Waals surface area contributed by atoms with E-state index in [0.717, 1.165) is 27.9 Å². The second-order valence-electron chi connectivity index (χ2n) is 5.05. The Bertz CT molecular complexity index is 789. The van der Waals surface area contributed by atoms with Gasteiger partial charge in [0.15, 0.2) is 0 Å². The summed E-state index contributed by atoms with van der Waals surface area (Å²) < 4.78 is 1.95. The van der Waals surface area contributed by atoms with Crippen LogP contribution in [-0.4, -0.2) is 20.9 Å². The van der Waals surface area contributed by atoms with E-state index < -0.39 is 5.97 Å². The normalized spacial score (nSPS) is 12.7. The van der Waals surface area contributed by atoms with Gasteiger partial charge in [-0.05, 0) is 19.4 Å². The maximum atomic E-state index is 11.2. The molecule has 0 radical (unpaired) electrons. The summed E-state index contributed by atoms with van der Waals surface area (Å²) >= 11 is 1.29. The van der Waals surface area contributed by atoms with Gasteiger partial charge < -0.3 is 5.11 Å². The van der Waals surface area contributed by atoms with Crippen LogP contribution in [0.15, 0.2) is 36.4 Å². The van der Waals surface area contributed by atoms with Crippen LogP contribution >= 0.6 is 11.3 Å². The number of carboxylic acid groups (broad SMARTS) is 1. The molecule has 2 aromatic heterocycles. The number of fused-ring (bicyclic) bond motifs is 1. The molecular weight excluding hydrogens is 284 g/mol. The van der Waals surface area contributed by atoms with Crippen molar-refractivity contribution in [2.24, 2.45) is 0 Å². The lowest BCUT2D eigenvalue weighted by Crippen LogP contribution is -2.05. The lowest BCUT2D eigenvalue weighted by Gasteiger charge is -2.09. The first-order valence-corrected chi connectivity index (χ1v) is 7.74. The van der Waals surface area contributed by atoms with Crippen LogP contribution in [0.4, 0.5) is 0 Å². The summed E-state index contributed by atoms with van der Waals surface area (Å²) in [6.07, 6.45) is 0.950. The quantitative estimate of drug-likeness (QED) is 0.775. The minimum absolute atomic E-state index is 0.241. The molecule has 108 valence electrons. The van der Waals surface area contributed by atoms with E-state index >= 15 is 0 Å². The van der Waals surface area contributed by atoms with Crippen molar-refractivity contribution in [2.75, 3.05) is 0 Å². The fraction of sp³-hybridized carbons (Fsp3) is 0.250. The van der Waals surface area contributed by atoms with E-state index in [0.29, 0.717) is 4.88 Å². The van der Waals surface area contributed by atoms with Crippen molar-refractivity contribution >= 4 is 27.5 Å². The van der Waals surface area contributed by atoms with Crippen LogP contribution in [-0.2, 0) is 0 Å². The van der Waals surface area contributed by atoms with Crippen molar-refractivity contribution in [1.29, 1.82) is 0 Å². The number of aromatic carboxylic acids is 1. The van der Waals surface area contributed by atoms with Gasteiger partial charge in [-0.1, -0.05) is 37.3 Å². The van der Waals surface area contributed by atoms with Gasteiger partial charge in [0.05, 0.1) is 6.04 Å². The summed E-state index contributed by atoms with van der Waals surface area (Å²) in [4.78, 5) is 12.5. The minimum Gasteiger partial charge on any atom is -0.477 e. The topological polar surface area (TPSA) is 55.1 Å². The minimum atomic E-state index is -0.883. The molecule has 0 aliphatic carbocycles. The van der Waals surface area contributed by atoms with Crippen molar-refractivity contribution in [1.82, 2.24) is 9.78 Å². The van der Waals surface area contributed by atoms with Gasteiger partial charge in [0.1, 0.15) is 15.4 Å². The highest BCUT2D eigenvalue weighted by atomic mass is 32.1. The molecule has 1 unspecified atom stereocenters. The zero-order valence-electron chi connectivity index (χ0n) is 11.9. The lowest BCUT2D eigenvalue weighted by molar-refractivity contribution is 0.0702. The highest BCUT2D eigenvalue weighted by molar-refractivity contribution is 7.20. The van der Waals surface area contributed by atoms with Crippen LogP contribution in [0.25, 0.3) is 21.5 Å². The monoisotopic (exact) mass is 300 g/mol. The Morgan fingerprint density at radius 3 is 2.71 bits per heavy atom. The smallest absolute Gasteiger partial charge is 0.345 e. The van der Waals surface area contributed by atoms with Crippen molar-refractivity contribution in [3.05, 3.63) is 41.3 Å². The second kappa shape index (κ2) is 5.33. The maximum Gasteiger partial charge on any atom is 0.345 e. The van der Waals surface area contributed by atoms with E-state index in [9.17, 15) is 9.90 Å². The molecule has 0 saturated heterocycles. The third kappa shape index (κ3) is 2.34. The molecule has 3 aromatic rings. The zero-order valence-corrected chi connectivity index (χ0v) is 12.7. The number of carbonyl (C=O) groups is 1. The Hall–Kier alpha value is -2.14. The van der Waals surface area contributed by atoms with Crippen molar-refractivity contribution in [3.8, 4) is 11.3 Å². The molecule has 0 aliphatic heterocycles. The predicted molar refractivity (Wildman–Crippen MR) is 85.0 cm³/mol. The highest BCUT2D eigenvalue weighted by Gasteiger charge is 2.20. The molecule has 0 spiro atoms. The summed E-state index contributed by atoms with van der Waals surface area (Å²) in [6.45, 7) is 4.20. The van der Waals surface area contributed by atoms with Gasteiger partial charge in [0, 0.05) is 10.9 Å². The van der Waals surface area contributed by atoms with Crippen LogP contribution in [0.1, 0.15) is 36.0 Å². The van der Waals surface area contributed by atoms with Crippen molar-refractivity contribution in [3.63, 3.8) is 0 Å². The van der Waals surface area contributed by atoms with Crippen LogP contribution in [0.5, 0.6) is 0 Å². The van der Waals surface area contributed by atoms with E-state index in [2.05, 4.69) is 13.8 Å². The SMILES string of the molecule is CCC(C)n1nc(-c2ccccc2)c2cc(C(=O)O)sc21. The average molecular weight is 300 g/mol. The van der Waals surface area contributed by atoms with Gasteiger partial charge >= 0.3 is 5.97 Å². The zero-order chi connectivity index (χ0) is 15.0. The van der Waals surface area contributed by atoms with Crippen molar-refractivity contribution < 1.29 is 9.90 Å². The molecule has 1 N–H and O–H groups in total. The molecule has 0 fully saturated rings. The Labute approximate surface area is 126 Å². The summed E-state index contributed by atoms with van der Waals surface area (Å²) in [7, 11) is 0. The lowest BCUT2D eigenvalue weighted by atomic mass is 10.1. The molecule has 4 nitrogen and oxygen atoms in total. The molecular formula is C16H16N2O2S. The fourth-order valence-electron chi connectivity index (χ4n) is 2.31. The Morgan fingerprint density at radius 2 is 2.10 bits per heavy atom. The van der Waals surface area contributed by atoms with E-state index in [4.69, 9.17) is 5.10 Å². The number of hydrogen-bond acceptors (Lipinski definition) is 3. The average Bonchev–Trinajstić information content (AvgIpc) is 3.06. The second-order valence-corrected chi connectivity index (χ2v) is 6.08. The first-order chi connectivity index (χ1) is 10.1. The summed E-state index contributed by atoms with van der Waals surface area (Å²) in [5.74, 6) is -0.883. The molecule has 0 aliphatic rings. The van der Waals surface area contributed by atoms with Crippen LogP contribution in [0, 0.1) is 0 Å². The Morgan fingerprint density at radius 1 is 1.38 bits per heavy atom. The van der Waals surface area contributed by atoms with Crippen LogP contribution in [0.2, 0.25) is 0 Å². The first-order valence-electron chi connectivity index (χ1n) is 6.92. The van der Waals surface area contributed by atoms with E-state index in [-0.39, 0.29) is 6.04 Å². The van der Waals surface area contributed by atoms with Gasteiger partial charge in [-0.25, -0.2) is 4.79 Å². The van der Waals surface area contributed by atoms with Gasteiger partial charge in [0.2, 0.25) is 0 Å². The van der Waals surface area contributed by atoms with Gasteiger partial charge in [-0.2, -0.15) is 5.10 Å². The van der Waals surface area contributed by atoms with E-state index in [1.165, 1.54) is 11.3 Å². The number of thiophene rings is 1. The summed E-state index contributed by atoms with van der Waals surface area (Å²) in [5, 5.41) is 14.9. The van der Waals surface area contributed by atoms with Crippen molar-refractivity contribution in [2.45, 2.75) is 26.3 Å². The molecule has 0 saturated carbocycles. The molecule has 3 rings (SSSR count). The van der Waals surface area contributed by atoms with Gasteiger partial charge in [-0.3, -0.25) is 4.68 Å². The standard InChI is InChI=1S/C16H16N2O2S/c1-3-10(2)18-15-12(9-13(21-15)16(19)20)14(17-18)11-7-5-4-6-8-11/h4-10H,3H2,1-2H3,(H,19,20). The van der Waals surface area contributed by atoms with Gasteiger partial charge in [-0.15, -0.1) is 11.3 Å². The highest BCUT2D eigenvalue weighted by Crippen LogP contribution is 2.35. The number of rotatable bonds is 4. The Kier molecular flexibility index (Phi) is 3.51. The van der Waals surface area contributed by atoms with E-state index in [1.807, 2.05) is 35.0 Å². The molecule has 0 amide bonds. The number of benzene rings is 1. The molecule has 2 heterocycles.